The van der Waals surface area contributed by atoms with Crippen LogP contribution < -0.4 is 10.1 Å². The smallest absolute Gasteiger partial charge is 0.261 e. The standard InChI is InChI=1S/C16H21NO2/c18-16(17-10-9-12-5-1-2-6-12)15-11-13-7-3-4-8-14(13)19-15/h3-4,7-8,12,15H,1-2,5-6,9-11H2,(H,17,18)/t15-/m0/s1. The van der Waals surface area contributed by atoms with Crippen molar-refractivity contribution in [1.29, 1.82) is 0 Å². The van der Waals surface area contributed by atoms with Crippen molar-refractivity contribution < 1.29 is 9.53 Å². The van der Waals surface area contributed by atoms with Crippen LogP contribution in [0.2, 0.25) is 0 Å². The minimum Gasteiger partial charge on any atom is -0.480 e. The number of ether oxygens (including phenoxy) is 1. The molecule has 1 aromatic rings. The first-order valence-corrected chi connectivity index (χ1v) is 7.35. The SMILES string of the molecule is O=C(NCCC1CCCC1)[C@@H]1Cc2ccccc2O1. The van der Waals surface area contributed by atoms with E-state index >= 15 is 0 Å². The van der Waals surface area contributed by atoms with Gasteiger partial charge in [0.1, 0.15) is 5.75 Å². The van der Waals surface area contributed by atoms with Crippen LogP contribution >= 0.6 is 0 Å². The summed E-state index contributed by atoms with van der Waals surface area (Å²) in [5, 5.41) is 3.02. The Morgan fingerprint density at radius 3 is 2.84 bits per heavy atom. The van der Waals surface area contributed by atoms with Crippen molar-refractivity contribution in [2.45, 2.75) is 44.6 Å². The Labute approximate surface area is 114 Å². The summed E-state index contributed by atoms with van der Waals surface area (Å²) in [7, 11) is 0. The number of fused-ring (bicyclic) bond motifs is 1. The molecule has 1 saturated carbocycles. The van der Waals surface area contributed by atoms with E-state index < -0.39 is 0 Å². The maximum Gasteiger partial charge on any atom is 0.261 e. The maximum absolute atomic E-state index is 12.1. The molecule has 0 unspecified atom stereocenters. The lowest BCUT2D eigenvalue weighted by atomic mass is 10.0. The number of hydrogen-bond donors (Lipinski definition) is 1. The lowest BCUT2D eigenvalue weighted by Crippen LogP contribution is -2.38. The molecule has 1 aromatic carbocycles. The largest absolute Gasteiger partial charge is 0.480 e. The quantitative estimate of drug-likeness (QED) is 0.903. The number of amides is 1. The molecule has 3 nitrogen and oxygen atoms in total. The zero-order valence-corrected chi connectivity index (χ0v) is 11.2. The molecule has 1 aliphatic heterocycles. The highest BCUT2D eigenvalue weighted by atomic mass is 16.5. The van der Waals surface area contributed by atoms with E-state index in [0.29, 0.717) is 6.42 Å². The molecule has 102 valence electrons. The summed E-state index contributed by atoms with van der Waals surface area (Å²) in [6.07, 6.45) is 6.87. The van der Waals surface area contributed by atoms with Crippen molar-refractivity contribution in [3.63, 3.8) is 0 Å². The van der Waals surface area contributed by atoms with Crippen LogP contribution in [0.25, 0.3) is 0 Å². The zero-order chi connectivity index (χ0) is 13.1. The summed E-state index contributed by atoms with van der Waals surface area (Å²) in [6, 6.07) is 7.89. The van der Waals surface area contributed by atoms with Gasteiger partial charge in [0.25, 0.3) is 5.91 Å². The molecule has 0 bridgehead atoms. The molecule has 0 radical (unpaired) electrons. The Bertz CT molecular complexity index is 427. The molecule has 19 heavy (non-hydrogen) atoms. The van der Waals surface area contributed by atoms with Crippen LogP contribution in [-0.2, 0) is 11.2 Å². The minimum atomic E-state index is -0.332. The molecule has 0 saturated heterocycles. The molecule has 0 aromatic heterocycles. The van der Waals surface area contributed by atoms with Gasteiger partial charge in [0.05, 0.1) is 0 Å². The first-order chi connectivity index (χ1) is 9.33. The van der Waals surface area contributed by atoms with E-state index in [-0.39, 0.29) is 12.0 Å². The third kappa shape index (κ3) is 2.91. The maximum atomic E-state index is 12.1. The highest BCUT2D eigenvalue weighted by Gasteiger charge is 2.28. The Morgan fingerprint density at radius 2 is 2.05 bits per heavy atom. The fourth-order valence-electron chi connectivity index (χ4n) is 3.14. The van der Waals surface area contributed by atoms with E-state index in [4.69, 9.17) is 4.74 Å². The number of para-hydroxylation sites is 1. The number of rotatable bonds is 4. The average Bonchev–Trinajstić information content (AvgIpc) is 3.07. The van der Waals surface area contributed by atoms with Gasteiger partial charge in [-0.1, -0.05) is 43.9 Å². The zero-order valence-electron chi connectivity index (χ0n) is 11.2. The monoisotopic (exact) mass is 259 g/mol. The van der Waals surface area contributed by atoms with Crippen molar-refractivity contribution in [2.24, 2.45) is 5.92 Å². The summed E-state index contributed by atoms with van der Waals surface area (Å²) in [5.41, 5.74) is 1.14. The normalized spacial score (nSPS) is 22.0. The third-order valence-corrected chi connectivity index (χ3v) is 4.27. The fraction of sp³-hybridized carbons (Fsp3) is 0.562. The van der Waals surface area contributed by atoms with Crippen LogP contribution in [-0.4, -0.2) is 18.6 Å². The number of carbonyl (C=O) groups is 1. The first-order valence-electron chi connectivity index (χ1n) is 7.35. The second-order valence-electron chi connectivity index (χ2n) is 5.65. The van der Waals surface area contributed by atoms with Gasteiger partial charge < -0.3 is 10.1 Å². The van der Waals surface area contributed by atoms with Crippen LogP contribution in [0.3, 0.4) is 0 Å². The van der Waals surface area contributed by atoms with Gasteiger partial charge in [-0.25, -0.2) is 0 Å². The lowest BCUT2D eigenvalue weighted by molar-refractivity contribution is -0.127. The summed E-state index contributed by atoms with van der Waals surface area (Å²) in [4.78, 5) is 12.1. The van der Waals surface area contributed by atoms with Crippen LogP contribution in [0.4, 0.5) is 0 Å². The van der Waals surface area contributed by atoms with E-state index in [2.05, 4.69) is 5.32 Å². The Balaban J connectivity index is 1.44. The van der Waals surface area contributed by atoms with E-state index in [1.807, 2.05) is 24.3 Å². The first kappa shape index (κ1) is 12.5. The molecule has 1 N–H and O–H groups in total. The van der Waals surface area contributed by atoms with Crippen LogP contribution in [0.5, 0.6) is 5.75 Å². The van der Waals surface area contributed by atoms with Gasteiger partial charge in [-0.15, -0.1) is 0 Å². The lowest BCUT2D eigenvalue weighted by Gasteiger charge is -2.13. The van der Waals surface area contributed by atoms with Crippen molar-refractivity contribution in [2.75, 3.05) is 6.54 Å². The molecule has 2 aliphatic rings. The summed E-state index contributed by atoms with van der Waals surface area (Å²) in [6.45, 7) is 0.791. The van der Waals surface area contributed by atoms with E-state index in [9.17, 15) is 4.79 Å². The summed E-state index contributed by atoms with van der Waals surface area (Å²) in [5.74, 6) is 1.72. The van der Waals surface area contributed by atoms with Gasteiger partial charge in [0.2, 0.25) is 0 Å². The van der Waals surface area contributed by atoms with Gasteiger partial charge in [-0.05, 0) is 24.0 Å². The molecular weight excluding hydrogens is 238 g/mol. The van der Waals surface area contributed by atoms with Crippen molar-refractivity contribution in [3.8, 4) is 5.75 Å². The van der Waals surface area contributed by atoms with Gasteiger partial charge in [-0.2, -0.15) is 0 Å². The number of hydrogen-bond acceptors (Lipinski definition) is 2. The van der Waals surface area contributed by atoms with Crippen molar-refractivity contribution >= 4 is 5.91 Å². The highest BCUT2D eigenvalue weighted by molar-refractivity contribution is 5.82. The topological polar surface area (TPSA) is 38.3 Å². The fourth-order valence-corrected chi connectivity index (χ4v) is 3.14. The predicted molar refractivity (Wildman–Crippen MR) is 74.1 cm³/mol. The molecule has 1 aliphatic carbocycles. The Morgan fingerprint density at radius 1 is 1.26 bits per heavy atom. The van der Waals surface area contributed by atoms with E-state index in [1.165, 1.54) is 25.7 Å². The van der Waals surface area contributed by atoms with Crippen LogP contribution in [0, 0.1) is 5.92 Å². The molecular formula is C16H21NO2. The van der Waals surface area contributed by atoms with Gasteiger partial charge >= 0.3 is 0 Å². The van der Waals surface area contributed by atoms with Gasteiger partial charge in [0, 0.05) is 13.0 Å². The molecule has 3 heteroatoms. The van der Waals surface area contributed by atoms with Crippen molar-refractivity contribution in [3.05, 3.63) is 29.8 Å². The Hall–Kier alpha value is -1.51. The van der Waals surface area contributed by atoms with Crippen LogP contribution in [0.15, 0.2) is 24.3 Å². The third-order valence-electron chi connectivity index (χ3n) is 4.27. The minimum absolute atomic E-state index is 0.0363. The van der Waals surface area contributed by atoms with Crippen LogP contribution in [0.1, 0.15) is 37.7 Å². The number of nitrogens with one attached hydrogen (secondary N) is 1. The predicted octanol–water partition coefficient (Wildman–Crippen LogP) is 2.69. The molecule has 1 atom stereocenters. The number of benzene rings is 1. The van der Waals surface area contributed by atoms with E-state index in [1.54, 1.807) is 0 Å². The Kier molecular flexibility index (Phi) is 3.72. The highest BCUT2D eigenvalue weighted by Crippen LogP contribution is 2.29. The molecule has 1 heterocycles. The molecule has 1 fully saturated rings. The summed E-state index contributed by atoms with van der Waals surface area (Å²) < 4.78 is 5.68. The number of carbonyl (C=O) groups excluding carboxylic acids is 1. The average molecular weight is 259 g/mol. The molecule has 1 amide bonds. The summed E-state index contributed by atoms with van der Waals surface area (Å²) >= 11 is 0. The van der Waals surface area contributed by atoms with Crippen molar-refractivity contribution in [1.82, 2.24) is 5.32 Å². The van der Waals surface area contributed by atoms with E-state index in [0.717, 1.165) is 30.2 Å². The second kappa shape index (κ2) is 5.64. The van der Waals surface area contributed by atoms with Gasteiger partial charge in [-0.3, -0.25) is 4.79 Å². The van der Waals surface area contributed by atoms with Gasteiger partial charge in [0.15, 0.2) is 6.10 Å². The molecule has 0 spiro atoms. The second-order valence-corrected chi connectivity index (χ2v) is 5.65. The molecule has 3 rings (SSSR count).